The van der Waals surface area contributed by atoms with Crippen LogP contribution in [0.2, 0.25) is 0 Å². The van der Waals surface area contributed by atoms with Crippen LogP contribution in [0.3, 0.4) is 0 Å². The normalized spacial score (nSPS) is 19.8. The predicted molar refractivity (Wildman–Crippen MR) is 128 cm³/mol. The summed E-state index contributed by atoms with van der Waals surface area (Å²) in [5.41, 5.74) is 1.17. The molecule has 2 heterocycles. The molecule has 7 heteroatoms. The lowest BCUT2D eigenvalue weighted by atomic mass is 9.93. The Labute approximate surface area is 185 Å². The molecule has 0 aliphatic carbocycles. The summed E-state index contributed by atoms with van der Waals surface area (Å²) in [4.78, 5) is 11.5. The summed E-state index contributed by atoms with van der Waals surface area (Å²) >= 11 is 0. The number of nitrogens with one attached hydrogen (secondary N) is 2. The van der Waals surface area contributed by atoms with Gasteiger partial charge < -0.3 is 20.1 Å². The van der Waals surface area contributed by atoms with Crippen molar-refractivity contribution in [2.24, 2.45) is 10.9 Å². The summed E-state index contributed by atoms with van der Waals surface area (Å²) < 4.78 is 2.24. The Hall–Kier alpha value is -1.77. The molecule has 0 bridgehead atoms. The van der Waals surface area contributed by atoms with Crippen LogP contribution in [0.4, 0.5) is 5.69 Å². The van der Waals surface area contributed by atoms with Gasteiger partial charge >= 0.3 is 0 Å². The molecule has 1 aromatic carbocycles. The van der Waals surface area contributed by atoms with E-state index in [4.69, 9.17) is 4.99 Å². The second kappa shape index (κ2) is 11.9. The first-order valence-electron chi connectivity index (χ1n) is 10.1. The van der Waals surface area contributed by atoms with Crippen LogP contribution in [0, 0.1) is 5.92 Å². The number of imidazole rings is 1. The number of benzene rings is 1. The zero-order valence-corrected chi connectivity index (χ0v) is 19.3. The number of nitrogens with zero attached hydrogens (tertiary/aromatic N) is 4. The summed E-state index contributed by atoms with van der Waals surface area (Å²) in [6.07, 6.45) is 8.06. The van der Waals surface area contributed by atoms with Crippen LogP contribution in [0.15, 0.2) is 54.0 Å². The topological polar surface area (TPSA) is 57.5 Å². The monoisotopic (exact) mass is 496 g/mol. The molecule has 1 aliphatic rings. The Morgan fingerprint density at radius 2 is 2.11 bits per heavy atom. The van der Waals surface area contributed by atoms with Crippen LogP contribution in [0.1, 0.15) is 32.7 Å². The van der Waals surface area contributed by atoms with Gasteiger partial charge in [0, 0.05) is 50.8 Å². The van der Waals surface area contributed by atoms with Crippen LogP contribution >= 0.6 is 24.0 Å². The third-order valence-corrected chi connectivity index (χ3v) is 5.16. The highest BCUT2D eigenvalue weighted by Gasteiger charge is 2.28. The van der Waals surface area contributed by atoms with Crippen molar-refractivity contribution < 1.29 is 0 Å². The molecule has 0 amide bonds. The maximum Gasteiger partial charge on any atom is 0.193 e. The van der Waals surface area contributed by atoms with Crippen LogP contribution < -0.4 is 10.6 Å². The van der Waals surface area contributed by atoms with Crippen molar-refractivity contribution in [2.45, 2.75) is 32.7 Å². The number of halogens is 1. The number of hydrogen-bond donors (Lipinski definition) is 2. The van der Waals surface area contributed by atoms with Gasteiger partial charge in [-0.05, 0) is 37.8 Å². The smallest absolute Gasteiger partial charge is 0.193 e. The summed E-state index contributed by atoms with van der Waals surface area (Å²) in [6.45, 7) is 9.15. The fraction of sp³-hybridized carbons (Fsp3) is 0.524. The standard InChI is InChI=1S/C21H32N6.HI/c1-3-23-21(25-12-7-11-24-19-8-5-4-6-9-19)26-14-10-18(2)20(16-26)27-15-13-22-17-27;/h4-6,8-9,13,15,17-18,20,24H,3,7,10-12,14,16H2,1-2H3,(H,23,25);1H. The second-order valence-corrected chi connectivity index (χ2v) is 7.17. The van der Waals surface area contributed by atoms with Gasteiger partial charge in [0.1, 0.15) is 0 Å². The minimum Gasteiger partial charge on any atom is -0.385 e. The molecular formula is C21H33IN6. The number of anilines is 1. The number of guanidine groups is 1. The zero-order valence-electron chi connectivity index (χ0n) is 16.9. The summed E-state index contributed by atoms with van der Waals surface area (Å²) in [5, 5.41) is 6.92. The Bertz CT molecular complexity index is 688. The molecule has 3 rings (SSSR count). The minimum atomic E-state index is 0. The molecule has 1 saturated heterocycles. The number of aliphatic imine (C=N–C) groups is 1. The number of aromatic nitrogens is 2. The third kappa shape index (κ3) is 6.39. The lowest BCUT2D eigenvalue weighted by Crippen LogP contribution is -2.49. The molecule has 2 N–H and O–H groups in total. The van der Waals surface area contributed by atoms with E-state index in [1.54, 1.807) is 0 Å². The lowest BCUT2D eigenvalue weighted by Gasteiger charge is -2.39. The molecule has 1 fully saturated rings. The zero-order chi connectivity index (χ0) is 18.9. The number of rotatable bonds is 7. The molecule has 2 atom stereocenters. The van der Waals surface area contributed by atoms with Gasteiger partial charge in [0.2, 0.25) is 0 Å². The summed E-state index contributed by atoms with van der Waals surface area (Å²) in [6, 6.07) is 10.8. The maximum absolute atomic E-state index is 4.88. The van der Waals surface area contributed by atoms with Crippen LogP contribution in [0.5, 0.6) is 0 Å². The SMILES string of the molecule is CCNC(=NCCCNc1ccccc1)N1CCC(C)C(n2ccnc2)C1.I. The van der Waals surface area contributed by atoms with E-state index in [0.717, 1.165) is 45.1 Å². The van der Waals surface area contributed by atoms with Crippen molar-refractivity contribution in [1.29, 1.82) is 0 Å². The van der Waals surface area contributed by atoms with Crippen LogP contribution in [-0.4, -0.2) is 53.1 Å². The number of piperidine rings is 1. The molecule has 0 saturated carbocycles. The van der Waals surface area contributed by atoms with Crippen LogP contribution in [0.25, 0.3) is 0 Å². The molecule has 2 aromatic rings. The highest BCUT2D eigenvalue weighted by molar-refractivity contribution is 14.0. The van der Waals surface area contributed by atoms with E-state index in [1.165, 1.54) is 12.1 Å². The number of hydrogen-bond acceptors (Lipinski definition) is 3. The molecule has 0 spiro atoms. The second-order valence-electron chi connectivity index (χ2n) is 7.17. The first-order chi connectivity index (χ1) is 13.3. The molecule has 28 heavy (non-hydrogen) atoms. The van der Waals surface area contributed by atoms with Gasteiger partial charge in [-0.2, -0.15) is 0 Å². The molecule has 1 aliphatic heterocycles. The number of para-hydroxylation sites is 1. The van der Waals surface area contributed by atoms with E-state index in [9.17, 15) is 0 Å². The Morgan fingerprint density at radius 1 is 1.29 bits per heavy atom. The maximum atomic E-state index is 4.88. The van der Waals surface area contributed by atoms with Crippen LogP contribution in [-0.2, 0) is 0 Å². The molecule has 2 unspecified atom stereocenters. The van der Waals surface area contributed by atoms with Crippen molar-refractivity contribution >= 4 is 35.6 Å². The van der Waals surface area contributed by atoms with Crippen molar-refractivity contribution in [3.05, 3.63) is 49.1 Å². The molecule has 1 aromatic heterocycles. The quantitative estimate of drug-likeness (QED) is 0.265. The van der Waals surface area contributed by atoms with Crippen molar-refractivity contribution in [3.8, 4) is 0 Å². The van der Waals surface area contributed by atoms with E-state index in [2.05, 4.69) is 69.4 Å². The third-order valence-electron chi connectivity index (χ3n) is 5.16. The van der Waals surface area contributed by atoms with E-state index >= 15 is 0 Å². The molecule has 6 nitrogen and oxygen atoms in total. The van der Waals surface area contributed by atoms with Gasteiger partial charge in [0.25, 0.3) is 0 Å². The summed E-state index contributed by atoms with van der Waals surface area (Å²) in [7, 11) is 0. The Morgan fingerprint density at radius 3 is 2.82 bits per heavy atom. The van der Waals surface area contributed by atoms with E-state index in [-0.39, 0.29) is 24.0 Å². The van der Waals surface area contributed by atoms with E-state index in [0.29, 0.717) is 12.0 Å². The van der Waals surface area contributed by atoms with Gasteiger partial charge in [0.15, 0.2) is 5.96 Å². The van der Waals surface area contributed by atoms with Crippen molar-refractivity contribution in [3.63, 3.8) is 0 Å². The van der Waals surface area contributed by atoms with Gasteiger partial charge in [0.05, 0.1) is 12.4 Å². The average Bonchev–Trinajstić information content (AvgIpc) is 3.23. The Kier molecular flexibility index (Phi) is 9.60. The Balaban J connectivity index is 0.00000280. The minimum absolute atomic E-state index is 0. The highest BCUT2D eigenvalue weighted by Crippen LogP contribution is 2.27. The molecule has 0 radical (unpaired) electrons. The van der Waals surface area contributed by atoms with Gasteiger partial charge in [-0.1, -0.05) is 25.1 Å². The summed E-state index contributed by atoms with van der Waals surface area (Å²) in [5.74, 6) is 1.68. The first kappa shape index (κ1) is 22.5. The lowest BCUT2D eigenvalue weighted by molar-refractivity contribution is 0.189. The molecule has 154 valence electrons. The van der Waals surface area contributed by atoms with E-state index in [1.807, 2.05) is 18.6 Å². The number of likely N-dealkylation sites (tertiary alicyclic amines) is 1. The first-order valence-corrected chi connectivity index (χ1v) is 10.1. The highest BCUT2D eigenvalue weighted by atomic mass is 127. The molecular weight excluding hydrogens is 463 g/mol. The largest absolute Gasteiger partial charge is 0.385 e. The van der Waals surface area contributed by atoms with Gasteiger partial charge in [-0.15, -0.1) is 24.0 Å². The predicted octanol–water partition coefficient (Wildman–Crippen LogP) is 3.85. The fourth-order valence-corrected chi connectivity index (χ4v) is 3.57. The average molecular weight is 496 g/mol. The van der Waals surface area contributed by atoms with Gasteiger partial charge in [-0.3, -0.25) is 4.99 Å². The van der Waals surface area contributed by atoms with Gasteiger partial charge in [-0.25, -0.2) is 4.98 Å². The van der Waals surface area contributed by atoms with Crippen molar-refractivity contribution in [1.82, 2.24) is 19.8 Å². The fourth-order valence-electron chi connectivity index (χ4n) is 3.57. The van der Waals surface area contributed by atoms with E-state index < -0.39 is 0 Å². The van der Waals surface area contributed by atoms with Crippen molar-refractivity contribution in [2.75, 3.05) is 38.0 Å².